The van der Waals surface area contributed by atoms with E-state index in [9.17, 15) is 4.79 Å². The van der Waals surface area contributed by atoms with E-state index >= 15 is 0 Å². The number of thioether (sulfide) groups is 2. The van der Waals surface area contributed by atoms with Crippen LogP contribution in [0.5, 0.6) is 0 Å². The van der Waals surface area contributed by atoms with Crippen molar-refractivity contribution in [3.8, 4) is 0 Å². The van der Waals surface area contributed by atoms with E-state index in [1.165, 1.54) is 33.4 Å². The molecule has 0 radical (unpaired) electrons. The van der Waals surface area contributed by atoms with Crippen molar-refractivity contribution in [2.24, 2.45) is 5.92 Å². The Hall–Kier alpha value is -5.01. The predicted molar refractivity (Wildman–Crippen MR) is 334 cm³/mol. The Labute approximate surface area is 483 Å². The van der Waals surface area contributed by atoms with Gasteiger partial charge in [-0.1, -0.05) is 228 Å². The third-order valence-corrected chi connectivity index (χ3v) is 17.9. The Bertz CT molecular complexity index is 2430. The molecular formula is C69H90N4O4S2. The van der Waals surface area contributed by atoms with E-state index in [-0.39, 0.29) is 34.9 Å². The first kappa shape index (κ1) is 61.6. The first-order valence-electron chi connectivity index (χ1n) is 29.2. The number of carbonyl (C=O) groups excluding carboxylic acids is 1. The predicted octanol–water partition coefficient (Wildman–Crippen LogP) is 13.9. The maximum atomic E-state index is 13.4. The summed E-state index contributed by atoms with van der Waals surface area (Å²) in [6.07, 6.45) is 9.69. The summed E-state index contributed by atoms with van der Waals surface area (Å²) in [7, 11) is 0. The zero-order valence-corrected chi connectivity index (χ0v) is 49.6. The van der Waals surface area contributed by atoms with Gasteiger partial charge in [0, 0.05) is 63.1 Å². The SMILES string of the molecule is CCCCCOC1CNC[C@@H](C(C)C)NC[C@@H](CSC(c2ccccc2)(c2ccccc2)c2ccccc2)NC[C@@H](CCC(=O)OC(C)(C)C)NCC[C@@H](/C=C/CCSC(c2ccccc2)(c2ccccc2)c2ccccc2)O1. The molecule has 1 unspecified atom stereocenters. The highest BCUT2D eigenvalue weighted by atomic mass is 32.2. The smallest absolute Gasteiger partial charge is 0.306 e. The molecule has 0 saturated carbocycles. The van der Waals surface area contributed by atoms with Crippen LogP contribution in [0.4, 0.5) is 0 Å². The van der Waals surface area contributed by atoms with Gasteiger partial charge < -0.3 is 35.5 Å². The molecule has 1 saturated heterocycles. The van der Waals surface area contributed by atoms with E-state index in [0.29, 0.717) is 45.0 Å². The molecule has 6 aromatic rings. The quantitative estimate of drug-likeness (QED) is 0.0215. The standard InChI is InChI=1S/C69H90N4O4S2/c1-7-8-28-47-75-66-52-70-51-64(54(2)3)73-50-62(53-79-69(58-36-21-12-22-37-58,59-38-23-13-24-39-59)60-40-25-14-26-41-60)72-49-61(43-44-65(74)77-67(4,5)6)71-46-45-63(76-66)42-27-29-48-78-68(55-30-15-9-16-31-55,56-32-17-10-18-33-56)57-34-19-11-20-35-57/h9-27,30-42,54,61-64,66,70-73H,7-8,28-29,43-53H2,1-6H3/b42-27+/t61-,62+,63-,64+,66?/m1/s1. The number of benzene rings is 6. The lowest BCUT2D eigenvalue weighted by Crippen LogP contribution is -2.52. The van der Waals surface area contributed by atoms with E-state index in [2.05, 4.69) is 236 Å². The minimum Gasteiger partial charge on any atom is -0.460 e. The van der Waals surface area contributed by atoms with E-state index < -0.39 is 16.6 Å². The van der Waals surface area contributed by atoms with Crippen molar-refractivity contribution >= 4 is 29.5 Å². The van der Waals surface area contributed by atoms with Crippen LogP contribution < -0.4 is 21.3 Å². The van der Waals surface area contributed by atoms with Crippen LogP contribution in [0.1, 0.15) is 120 Å². The monoisotopic (exact) mass is 1100 g/mol. The Morgan fingerprint density at radius 1 is 0.620 bits per heavy atom. The summed E-state index contributed by atoms with van der Waals surface area (Å²) >= 11 is 3.97. The molecule has 422 valence electrons. The van der Waals surface area contributed by atoms with Crippen LogP contribution in [0.2, 0.25) is 0 Å². The van der Waals surface area contributed by atoms with Crippen molar-refractivity contribution in [1.82, 2.24) is 21.3 Å². The number of unbranched alkanes of at least 4 members (excludes halogenated alkanes) is 2. The first-order valence-corrected chi connectivity index (χ1v) is 31.1. The van der Waals surface area contributed by atoms with Gasteiger partial charge in [0.2, 0.25) is 0 Å². The summed E-state index contributed by atoms with van der Waals surface area (Å²) in [4.78, 5) is 13.4. The van der Waals surface area contributed by atoms with E-state index in [4.69, 9.17) is 14.2 Å². The van der Waals surface area contributed by atoms with Crippen LogP contribution in [0.3, 0.4) is 0 Å². The zero-order chi connectivity index (χ0) is 55.6. The number of ether oxygens (including phenoxy) is 3. The van der Waals surface area contributed by atoms with Crippen molar-refractivity contribution < 1.29 is 19.0 Å². The second-order valence-corrected chi connectivity index (χ2v) is 24.7. The summed E-state index contributed by atoms with van der Waals surface area (Å²) < 4.78 is 18.7. The second-order valence-electron chi connectivity index (χ2n) is 22.2. The second kappa shape index (κ2) is 32.4. The number of rotatable bonds is 23. The molecule has 6 aromatic carbocycles. The maximum Gasteiger partial charge on any atom is 0.306 e. The van der Waals surface area contributed by atoms with Crippen LogP contribution in [0.15, 0.2) is 194 Å². The van der Waals surface area contributed by atoms with Gasteiger partial charge in [-0.15, -0.1) is 23.5 Å². The normalized spacial score (nSPS) is 19.6. The summed E-state index contributed by atoms with van der Waals surface area (Å²) in [6.45, 7) is 16.7. The Balaban J connectivity index is 1.16. The van der Waals surface area contributed by atoms with E-state index in [1.54, 1.807) is 0 Å². The van der Waals surface area contributed by atoms with E-state index in [1.807, 2.05) is 44.3 Å². The van der Waals surface area contributed by atoms with Gasteiger partial charge >= 0.3 is 5.97 Å². The Morgan fingerprint density at radius 2 is 1.10 bits per heavy atom. The van der Waals surface area contributed by atoms with Crippen molar-refractivity contribution in [3.05, 3.63) is 228 Å². The molecule has 0 bridgehead atoms. The van der Waals surface area contributed by atoms with E-state index in [0.717, 1.165) is 56.7 Å². The average molecular weight is 1100 g/mol. The van der Waals surface area contributed by atoms with Crippen LogP contribution in [-0.2, 0) is 28.5 Å². The lowest BCUT2D eigenvalue weighted by atomic mass is 9.84. The molecule has 79 heavy (non-hydrogen) atoms. The summed E-state index contributed by atoms with van der Waals surface area (Å²) in [6, 6.07) is 65.9. The highest BCUT2D eigenvalue weighted by molar-refractivity contribution is 8.00. The highest BCUT2D eigenvalue weighted by Crippen LogP contribution is 2.50. The topological polar surface area (TPSA) is 92.9 Å². The van der Waals surface area contributed by atoms with Gasteiger partial charge in [-0.3, -0.25) is 4.79 Å². The summed E-state index contributed by atoms with van der Waals surface area (Å²) in [5.74, 6) is 1.89. The van der Waals surface area contributed by atoms with Gasteiger partial charge in [-0.25, -0.2) is 0 Å². The minimum absolute atomic E-state index is 0.0122. The number of hydrogen-bond acceptors (Lipinski definition) is 10. The summed E-state index contributed by atoms with van der Waals surface area (Å²) in [5, 5.41) is 15.8. The van der Waals surface area contributed by atoms with Crippen molar-refractivity contribution in [2.45, 2.75) is 132 Å². The molecule has 7 rings (SSSR count). The Morgan fingerprint density at radius 3 is 1.57 bits per heavy atom. The molecule has 1 aliphatic rings. The van der Waals surface area contributed by atoms with Crippen LogP contribution >= 0.6 is 23.5 Å². The van der Waals surface area contributed by atoms with Gasteiger partial charge in [-0.2, -0.15) is 0 Å². The summed E-state index contributed by atoms with van der Waals surface area (Å²) in [5.41, 5.74) is 6.97. The van der Waals surface area contributed by atoms with Crippen LogP contribution in [0, 0.1) is 5.92 Å². The number of hydrogen-bond donors (Lipinski definition) is 4. The van der Waals surface area contributed by atoms with Gasteiger partial charge in [0.15, 0.2) is 6.29 Å². The number of carbonyl (C=O) groups is 1. The van der Waals surface area contributed by atoms with Crippen LogP contribution in [-0.4, -0.2) is 92.9 Å². The molecular weight excluding hydrogens is 1010 g/mol. The third-order valence-electron chi connectivity index (χ3n) is 14.7. The molecule has 0 amide bonds. The molecule has 0 aliphatic carbocycles. The molecule has 0 aromatic heterocycles. The fourth-order valence-electron chi connectivity index (χ4n) is 10.5. The van der Waals surface area contributed by atoms with Crippen LogP contribution in [0.25, 0.3) is 0 Å². The zero-order valence-electron chi connectivity index (χ0n) is 48.0. The third kappa shape index (κ3) is 18.8. The fourth-order valence-corrected chi connectivity index (χ4v) is 13.6. The lowest BCUT2D eigenvalue weighted by Gasteiger charge is -2.37. The largest absolute Gasteiger partial charge is 0.460 e. The van der Waals surface area contributed by atoms with Gasteiger partial charge in [-0.05, 0) is 98.1 Å². The average Bonchev–Trinajstić information content (AvgIpc) is 3.50. The molecule has 4 N–H and O–H groups in total. The number of esters is 1. The van der Waals surface area contributed by atoms with Crippen molar-refractivity contribution in [1.29, 1.82) is 0 Å². The molecule has 5 atom stereocenters. The fraction of sp³-hybridized carbons (Fsp3) is 0.435. The van der Waals surface area contributed by atoms with Crippen molar-refractivity contribution in [2.75, 3.05) is 50.8 Å². The maximum absolute atomic E-state index is 13.4. The molecule has 10 heteroatoms. The lowest BCUT2D eigenvalue weighted by molar-refractivity contribution is -0.159. The highest BCUT2D eigenvalue weighted by Gasteiger charge is 2.39. The van der Waals surface area contributed by atoms with Gasteiger partial charge in [0.25, 0.3) is 0 Å². The molecule has 1 fully saturated rings. The molecule has 0 spiro atoms. The first-order chi connectivity index (χ1) is 38.5. The molecule has 1 aliphatic heterocycles. The number of nitrogens with one attached hydrogen (secondary N) is 4. The minimum atomic E-state index is -0.557. The molecule has 8 nitrogen and oxygen atoms in total. The molecule has 1 heterocycles. The van der Waals surface area contributed by atoms with Gasteiger partial charge in [0.1, 0.15) is 5.60 Å². The van der Waals surface area contributed by atoms with Crippen molar-refractivity contribution in [3.63, 3.8) is 0 Å². The van der Waals surface area contributed by atoms with Gasteiger partial charge in [0.05, 0.1) is 15.6 Å². The number of allylic oxidation sites excluding steroid dienone is 1. The Kier molecular flexibility index (Phi) is 25.3.